The highest BCUT2D eigenvalue weighted by Gasteiger charge is 2.11. The number of carbonyl (C=O) groups is 1. The van der Waals surface area contributed by atoms with E-state index in [9.17, 15) is 9.18 Å². The van der Waals surface area contributed by atoms with Gasteiger partial charge in [-0.15, -0.1) is 12.4 Å². The van der Waals surface area contributed by atoms with E-state index in [0.29, 0.717) is 35.7 Å². The second-order valence-corrected chi connectivity index (χ2v) is 5.98. The molecule has 0 bridgehead atoms. The zero-order chi connectivity index (χ0) is 19.2. The lowest BCUT2D eigenvalue weighted by atomic mass is 10.1. The van der Waals surface area contributed by atoms with Gasteiger partial charge in [0, 0.05) is 30.4 Å². The average Bonchev–Trinajstić information content (AvgIpc) is 2.67. The van der Waals surface area contributed by atoms with Crippen LogP contribution in [0.3, 0.4) is 0 Å². The van der Waals surface area contributed by atoms with E-state index in [1.807, 2.05) is 13.0 Å². The molecule has 1 aromatic carbocycles. The third-order valence-electron chi connectivity index (χ3n) is 4.14. The van der Waals surface area contributed by atoms with Crippen LogP contribution in [0.4, 0.5) is 10.2 Å². The number of nitrogens with zero attached hydrogens (tertiary/aromatic N) is 3. The number of nitrogens with one attached hydrogen (secondary N) is 1. The first kappa shape index (κ1) is 21.2. The van der Waals surface area contributed by atoms with Gasteiger partial charge in [-0.3, -0.25) is 9.78 Å². The van der Waals surface area contributed by atoms with Crippen LogP contribution in [0, 0.1) is 12.7 Å². The molecule has 0 saturated carbocycles. The summed E-state index contributed by atoms with van der Waals surface area (Å²) >= 11 is 0. The van der Waals surface area contributed by atoms with Crippen molar-refractivity contribution in [3.05, 3.63) is 66.0 Å². The van der Waals surface area contributed by atoms with E-state index in [0.717, 1.165) is 11.1 Å². The first-order valence-corrected chi connectivity index (χ1v) is 8.42. The summed E-state index contributed by atoms with van der Waals surface area (Å²) in [5, 5.41) is 2.75. The van der Waals surface area contributed by atoms with Crippen molar-refractivity contribution in [3.63, 3.8) is 0 Å². The Morgan fingerprint density at radius 3 is 2.79 bits per heavy atom. The van der Waals surface area contributed by atoms with Crippen molar-refractivity contribution in [1.82, 2.24) is 15.0 Å². The molecule has 28 heavy (non-hydrogen) atoms. The Morgan fingerprint density at radius 2 is 2.04 bits per heavy atom. The first-order valence-electron chi connectivity index (χ1n) is 8.42. The van der Waals surface area contributed by atoms with Crippen LogP contribution in [0.2, 0.25) is 0 Å². The SMILES string of the molecule is COc1ccc(F)cc1-c1cc(NC(=O)CCc2cnccc2C)ncn1.Cl. The molecule has 1 N–H and O–H groups in total. The molecule has 1 amide bonds. The fourth-order valence-corrected chi connectivity index (χ4v) is 2.67. The minimum atomic E-state index is -0.401. The maximum atomic E-state index is 13.6. The monoisotopic (exact) mass is 402 g/mol. The quantitative estimate of drug-likeness (QED) is 0.674. The third kappa shape index (κ3) is 5.23. The molecule has 2 aromatic heterocycles. The molecule has 2 heterocycles. The molecule has 0 fully saturated rings. The van der Waals surface area contributed by atoms with E-state index < -0.39 is 5.82 Å². The summed E-state index contributed by atoms with van der Waals surface area (Å²) < 4.78 is 18.9. The fourth-order valence-electron chi connectivity index (χ4n) is 2.67. The van der Waals surface area contributed by atoms with Crippen LogP contribution in [0.1, 0.15) is 17.5 Å². The maximum Gasteiger partial charge on any atom is 0.225 e. The van der Waals surface area contributed by atoms with Crippen LogP contribution in [0.15, 0.2) is 49.1 Å². The summed E-state index contributed by atoms with van der Waals surface area (Å²) in [6, 6.07) is 7.67. The number of hydrogen-bond acceptors (Lipinski definition) is 5. The number of pyridine rings is 1. The molecular formula is C20H20ClFN4O2. The number of benzene rings is 1. The minimum Gasteiger partial charge on any atom is -0.496 e. The van der Waals surface area contributed by atoms with E-state index >= 15 is 0 Å². The van der Waals surface area contributed by atoms with Crippen LogP contribution in [0.5, 0.6) is 5.75 Å². The lowest BCUT2D eigenvalue weighted by Gasteiger charge is -2.10. The zero-order valence-electron chi connectivity index (χ0n) is 15.5. The van der Waals surface area contributed by atoms with Gasteiger partial charge in [0.15, 0.2) is 0 Å². The number of aromatic nitrogens is 3. The van der Waals surface area contributed by atoms with Gasteiger partial charge in [-0.1, -0.05) is 0 Å². The molecule has 0 spiro atoms. The Hall–Kier alpha value is -3.06. The number of anilines is 1. The van der Waals surface area contributed by atoms with Crippen molar-refractivity contribution in [2.45, 2.75) is 19.8 Å². The molecule has 0 aliphatic rings. The fraction of sp³-hybridized carbons (Fsp3) is 0.200. The molecule has 0 radical (unpaired) electrons. The van der Waals surface area contributed by atoms with Gasteiger partial charge in [0.05, 0.1) is 12.8 Å². The maximum absolute atomic E-state index is 13.6. The Kier molecular flexibility index (Phi) is 7.40. The first-order chi connectivity index (χ1) is 13.1. The standard InChI is InChI=1S/C20H19FN4O2.ClH/c1-13-7-8-22-11-14(13)3-6-20(26)25-19-10-17(23-12-24-19)16-9-15(21)4-5-18(16)27-2;/h4-5,7-12H,3,6H2,1-2H3,(H,23,24,25,26);1H. The highest BCUT2D eigenvalue weighted by Crippen LogP contribution is 2.29. The van der Waals surface area contributed by atoms with Gasteiger partial charge in [0.2, 0.25) is 5.91 Å². The summed E-state index contributed by atoms with van der Waals surface area (Å²) in [6.07, 6.45) is 5.69. The van der Waals surface area contributed by atoms with Gasteiger partial charge in [-0.25, -0.2) is 14.4 Å². The Morgan fingerprint density at radius 1 is 1.21 bits per heavy atom. The Bertz CT molecular complexity index is 968. The lowest BCUT2D eigenvalue weighted by molar-refractivity contribution is -0.116. The average molecular weight is 403 g/mol. The number of hydrogen-bond donors (Lipinski definition) is 1. The van der Waals surface area contributed by atoms with Crippen LogP contribution in [0.25, 0.3) is 11.3 Å². The van der Waals surface area contributed by atoms with Crippen LogP contribution in [-0.4, -0.2) is 28.0 Å². The van der Waals surface area contributed by atoms with Crippen LogP contribution >= 0.6 is 12.4 Å². The predicted molar refractivity (Wildman–Crippen MR) is 107 cm³/mol. The number of methoxy groups -OCH3 is 1. The molecule has 3 rings (SSSR count). The lowest BCUT2D eigenvalue weighted by Crippen LogP contribution is -2.14. The molecule has 8 heteroatoms. The highest BCUT2D eigenvalue weighted by molar-refractivity contribution is 5.90. The second kappa shape index (κ2) is 9.75. The smallest absolute Gasteiger partial charge is 0.225 e. The van der Waals surface area contributed by atoms with Crippen LogP contribution < -0.4 is 10.1 Å². The number of carbonyl (C=O) groups excluding carboxylic acids is 1. The van der Waals surface area contributed by atoms with Crippen molar-refractivity contribution in [1.29, 1.82) is 0 Å². The predicted octanol–water partition coefficient (Wildman–Crippen LogP) is 3.99. The number of rotatable bonds is 6. The third-order valence-corrected chi connectivity index (χ3v) is 4.14. The van der Waals surface area contributed by atoms with E-state index in [1.165, 1.54) is 31.6 Å². The van der Waals surface area contributed by atoms with Gasteiger partial charge in [-0.2, -0.15) is 0 Å². The highest BCUT2D eigenvalue weighted by atomic mass is 35.5. The summed E-state index contributed by atoms with van der Waals surface area (Å²) in [6.45, 7) is 1.98. The Balaban J connectivity index is 0.00000280. The van der Waals surface area contributed by atoms with Crippen molar-refractivity contribution in [2.75, 3.05) is 12.4 Å². The molecule has 0 unspecified atom stereocenters. The molecular weight excluding hydrogens is 383 g/mol. The second-order valence-electron chi connectivity index (χ2n) is 5.98. The van der Waals surface area contributed by atoms with Crippen molar-refractivity contribution < 1.29 is 13.9 Å². The van der Waals surface area contributed by atoms with E-state index in [-0.39, 0.29) is 18.3 Å². The molecule has 3 aromatic rings. The molecule has 0 atom stereocenters. The molecule has 6 nitrogen and oxygen atoms in total. The molecule has 146 valence electrons. The number of amides is 1. The van der Waals surface area contributed by atoms with E-state index in [1.54, 1.807) is 18.5 Å². The van der Waals surface area contributed by atoms with Gasteiger partial charge in [0.25, 0.3) is 0 Å². The summed E-state index contributed by atoms with van der Waals surface area (Å²) in [5.41, 5.74) is 3.07. The number of halogens is 2. The van der Waals surface area contributed by atoms with Crippen molar-refractivity contribution in [3.8, 4) is 17.0 Å². The summed E-state index contributed by atoms with van der Waals surface area (Å²) in [7, 11) is 1.50. The molecule has 0 saturated heterocycles. The minimum absolute atomic E-state index is 0. The van der Waals surface area contributed by atoms with Gasteiger partial charge < -0.3 is 10.1 Å². The Labute approximate surface area is 168 Å². The van der Waals surface area contributed by atoms with E-state index in [4.69, 9.17) is 4.74 Å². The van der Waals surface area contributed by atoms with Gasteiger partial charge in [0.1, 0.15) is 23.7 Å². The topological polar surface area (TPSA) is 77.0 Å². The number of ether oxygens (including phenoxy) is 1. The van der Waals surface area contributed by atoms with Gasteiger partial charge >= 0.3 is 0 Å². The van der Waals surface area contributed by atoms with Crippen molar-refractivity contribution in [2.24, 2.45) is 0 Å². The van der Waals surface area contributed by atoms with Gasteiger partial charge in [-0.05, 0) is 48.7 Å². The molecule has 0 aliphatic carbocycles. The normalized spacial score (nSPS) is 10.1. The summed E-state index contributed by atoms with van der Waals surface area (Å²) in [5.74, 6) is 0.259. The zero-order valence-corrected chi connectivity index (χ0v) is 16.3. The largest absolute Gasteiger partial charge is 0.496 e. The van der Waals surface area contributed by atoms with Crippen molar-refractivity contribution >= 4 is 24.1 Å². The molecule has 0 aliphatic heterocycles. The van der Waals surface area contributed by atoms with Crippen LogP contribution in [-0.2, 0) is 11.2 Å². The number of aryl methyl sites for hydroxylation is 2. The summed E-state index contributed by atoms with van der Waals surface area (Å²) in [4.78, 5) is 24.5. The van der Waals surface area contributed by atoms with E-state index in [2.05, 4.69) is 20.3 Å².